The Morgan fingerprint density at radius 2 is 2.31 bits per heavy atom. The molecule has 1 aromatic heterocycles. The lowest BCUT2D eigenvalue weighted by Gasteiger charge is -2.24. The Labute approximate surface area is 90.6 Å². The predicted octanol–water partition coefficient (Wildman–Crippen LogP) is 1.69. The van der Waals surface area contributed by atoms with E-state index in [0.29, 0.717) is 24.1 Å². The maximum Gasteiger partial charge on any atom is 0.345 e. The van der Waals surface area contributed by atoms with Gasteiger partial charge in [-0.15, -0.1) is 0 Å². The molecule has 16 heavy (non-hydrogen) atoms. The highest BCUT2D eigenvalue weighted by Crippen LogP contribution is 2.32. The molecular weight excluding hydrogens is 218 g/mol. The minimum Gasteiger partial charge on any atom is -0.315 e. The van der Waals surface area contributed by atoms with Crippen LogP contribution in [-0.4, -0.2) is 16.8 Å². The Kier molecular flexibility index (Phi) is 3.00. The summed E-state index contributed by atoms with van der Waals surface area (Å²) in [5, 5.41) is 6.13. The van der Waals surface area contributed by atoms with Crippen molar-refractivity contribution in [3.8, 4) is 0 Å². The van der Waals surface area contributed by atoms with Gasteiger partial charge in [-0.25, -0.2) is 5.10 Å². The van der Waals surface area contributed by atoms with Gasteiger partial charge >= 0.3 is 6.61 Å². The number of fused-ring (bicyclic) bond motifs is 1. The minimum absolute atomic E-state index is 0.319. The second-order valence-corrected chi connectivity index (χ2v) is 3.81. The van der Waals surface area contributed by atoms with Crippen LogP contribution < -0.4 is 5.56 Å². The van der Waals surface area contributed by atoms with Crippen LogP contribution in [0.4, 0.5) is 8.78 Å². The average Bonchev–Trinajstić information content (AvgIpc) is 2.23. The number of hydrogen-bond acceptors (Lipinski definition) is 3. The maximum atomic E-state index is 12.2. The summed E-state index contributed by atoms with van der Waals surface area (Å²) < 4.78 is 28.9. The Morgan fingerprint density at radius 1 is 1.56 bits per heavy atom. The SMILES string of the molecule is Cc1n[nH]c(=O)c2c1CCCC2OC(F)F. The molecule has 4 nitrogen and oxygen atoms in total. The summed E-state index contributed by atoms with van der Waals surface area (Å²) in [6.45, 7) is -1.11. The van der Waals surface area contributed by atoms with Crippen LogP contribution in [-0.2, 0) is 11.2 Å². The highest BCUT2D eigenvalue weighted by atomic mass is 19.3. The smallest absolute Gasteiger partial charge is 0.315 e. The Morgan fingerprint density at radius 3 is 3.00 bits per heavy atom. The number of nitrogens with one attached hydrogen (secondary N) is 1. The number of aromatic nitrogens is 2. The van der Waals surface area contributed by atoms with E-state index in [0.717, 1.165) is 12.0 Å². The van der Waals surface area contributed by atoms with Crippen molar-refractivity contribution in [3.63, 3.8) is 0 Å². The van der Waals surface area contributed by atoms with Crippen LogP contribution in [0.5, 0.6) is 0 Å². The zero-order chi connectivity index (χ0) is 11.7. The average molecular weight is 230 g/mol. The summed E-state index contributed by atoms with van der Waals surface area (Å²) in [6.07, 6.45) is 1.07. The molecule has 0 saturated carbocycles. The fourth-order valence-electron chi connectivity index (χ4n) is 2.12. The topological polar surface area (TPSA) is 55.0 Å². The van der Waals surface area contributed by atoms with Gasteiger partial charge in [0.25, 0.3) is 5.56 Å². The van der Waals surface area contributed by atoms with E-state index < -0.39 is 18.3 Å². The van der Waals surface area contributed by atoms with Gasteiger partial charge in [-0.1, -0.05) is 0 Å². The third kappa shape index (κ3) is 1.97. The molecule has 88 valence electrons. The van der Waals surface area contributed by atoms with Gasteiger partial charge in [0.2, 0.25) is 0 Å². The van der Waals surface area contributed by atoms with E-state index >= 15 is 0 Å². The lowest BCUT2D eigenvalue weighted by molar-refractivity contribution is -0.168. The van der Waals surface area contributed by atoms with Gasteiger partial charge in [0.05, 0.1) is 17.4 Å². The minimum atomic E-state index is -2.86. The summed E-state index contributed by atoms with van der Waals surface area (Å²) in [5.41, 5.74) is 1.32. The molecule has 1 N–H and O–H groups in total. The van der Waals surface area contributed by atoms with Gasteiger partial charge in [0.15, 0.2) is 0 Å². The number of ether oxygens (including phenoxy) is 1. The molecule has 0 aliphatic heterocycles. The van der Waals surface area contributed by atoms with E-state index in [4.69, 9.17) is 0 Å². The Hall–Kier alpha value is -1.30. The monoisotopic (exact) mass is 230 g/mol. The van der Waals surface area contributed by atoms with Crippen molar-refractivity contribution in [2.24, 2.45) is 0 Å². The van der Waals surface area contributed by atoms with Gasteiger partial charge in [0.1, 0.15) is 0 Å². The van der Waals surface area contributed by atoms with Crippen molar-refractivity contribution in [2.45, 2.75) is 38.9 Å². The molecule has 1 aliphatic carbocycles. The van der Waals surface area contributed by atoms with Crippen LogP contribution in [0.25, 0.3) is 0 Å². The third-order valence-electron chi connectivity index (χ3n) is 2.81. The quantitative estimate of drug-likeness (QED) is 0.841. The second kappa shape index (κ2) is 4.29. The number of aryl methyl sites for hydroxylation is 1. The fraction of sp³-hybridized carbons (Fsp3) is 0.600. The summed E-state index contributed by atoms with van der Waals surface area (Å²) in [7, 11) is 0. The first kappa shape index (κ1) is 11.2. The summed E-state index contributed by atoms with van der Waals surface area (Å²) in [5.74, 6) is 0. The van der Waals surface area contributed by atoms with Crippen molar-refractivity contribution >= 4 is 0 Å². The standard InChI is InChI=1S/C10H12F2N2O2/c1-5-6-3-2-4-7(16-10(11)12)8(6)9(15)14-13-5/h7,10H,2-4H2,1H3,(H,14,15). The molecular formula is C10H12F2N2O2. The number of halogens is 2. The van der Waals surface area contributed by atoms with E-state index in [1.165, 1.54) is 0 Å². The molecule has 1 heterocycles. The zero-order valence-electron chi connectivity index (χ0n) is 8.80. The predicted molar refractivity (Wildman–Crippen MR) is 52.4 cm³/mol. The highest BCUT2D eigenvalue weighted by Gasteiger charge is 2.28. The number of rotatable bonds is 2. The van der Waals surface area contributed by atoms with Crippen LogP contribution in [0.15, 0.2) is 4.79 Å². The third-order valence-corrected chi connectivity index (χ3v) is 2.81. The first-order valence-corrected chi connectivity index (χ1v) is 5.11. The van der Waals surface area contributed by atoms with Crippen molar-refractivity contribution in [1.82, 2.24) is 10.2 Å². The van der Waals surface area contributed by atoms with E-state index in [2.05, 4.69) is 14.9 Å². The summed E-state index contributed by atoms with van der Waals surface area (Å²) in [6, 6.07) is 0. The molecule has 0 fully saturated rings. The van der Waals surface area contributed by atoms with Crippen molar-refractivity contribution < 1.29 is 13.5 Å². The largest absolute Gasteiger partial charge is 0.345 e. The number of hydrogen-bond donors (Lipinski definition) is 1. The molecule has 0 radical (unpaired) electrons. The number of H-pyrrole nitrogens is 1. The molecule has 0 amide bonds. The zero-order valence-corrected chi connectivity index (χ0v) is 8.80. The molecule has 0 spiro atoms. The van der Waals surface area contributed by atoms with Gasteiger partial charge in [0, 0.05) is 0 Å². The number of aromatic amines is 1. The molecule has 1 atom stereocenters. The Balaban J connectivity index is 2.45. The van der Waals surface area contributed by atoms with Crippen LogP contribution in [0.1, 0.15) is 35.8 Å². The maximum absolute atomic E-state index is 12.2. The lowest BCUT2D eigenvalue weighted by atomic mass is 9.90. The fourth-order valence-corrected chi connectivity index (χ4v) is 2.12. The molecule has 6 heteroatoms. The summed E-state index contributed by atoms with van der Waals surface area (Å²) in [4.78, 5) is 11.6. The molecule has 1 aromatic rings. The van der Waals surface area contributed by atoms with Crippen molar-refractivity contribution in [3.05, 3.63) is 27.2 Å². The first-order valence-electron chi connectivity index (χ1n) is 5.11. The van der Waals surface area contributed by atoms with E-state index in [-0.39, 0.29) is 0 Å². The molecule has 1 unspecified atom stereocenters. The number of nitrogens with zero attached hydrogens (tertiary/aromatic N) is 1. The summed E-state index contributed by atoms with van der Waals surface area (Å²) >= 11 is 0. The van der Waals surface area contributed by atoms with Gasteiger partial charge in [-0.2, -0.15) is 13.9 Å². The Bertz CT molecular complexity index is 445. The van der Waals surface area contributed by atoms with Crippen LogP contribution in [0.3, 0.4) is 0 Å². The normalized spacial score (nSPS) is 19.9. The molecule has 0 bridgehead atoms. The molecule has 2 rings (SSSR count). The van der Waals surface area contributed by atoms with Crippen LogP contribution in [0, 0.1) is 6.92 Å². The van der Waals surface area contributed by atoms with Crippen LogP contribution in [0.2, 0.25) is 0 Å². The molecule has 1 aliphatic rings. The number of alkyl halides is 2. The second-order valence-electron chi connectivity index (χ2n) is 3.81. The lowest BCUT2D eigenvalue weighted by Crippen LogP contribution is -2.27. The van der Waals surface area contributed by atoms with E-state index in [1.807, 2.05) is 0 Å². The van der Waals surface area contributed by atoms with Crippen molar-refractivity contribution in [1.29, 1.82) is 0 Å². The van der Waals surface area contributed by atoms with E-state index in [1.54, 1.807) is 6.92 Å². The van der Waals surface area contributed by atoms with Crippen molar-refractivity contribution in [2.75, 3.05) is 0 Å². The van der Waals surface area contributed by atoms with Gasteiger partial charge < -0.3 is 4.74 Å². The van der Waals surface area contributed by atoms with Gasteiger partial charge in [-0.3, -0.25) is 4.79 Å². The molecule has 0 aromatic carbocycles. The van der Waals surface area contributed by atoms with E-state index in [9.17, 15) is 13.6 Å². The van der Waals surface area contributed by atoms with Gasteiger partial charge in [-0.05, 0) is 31.7 Å². The molecule has 0 saturated heterocycles. The first-order chi connectivity index (χ1) is 7.59. The highest BCUT2D eigenvalue weighted by molar-refractivity contribution is 5.31. The van der Waals surface area contributed by atoms with Crippen LogP contribution >= 0.6 is 0 Å².